The van der Waals surface area contributed by atoms with Gasteiger partial charge in [-0.3, -0.25) is 0 Å². The van der Waals surface area contributed by atoms with Crippen molar-refractivity contribution >= 4 is 31.7 Å². The average molecular weight is 748 g/mol. The topological polar surface area (TPSA) is 141 Å². The summed E-state index contributed by atoms with van der Waals surface area (Å²) in [6, 6.07) is -0.461. The first-order chi connectivity index (χ1) is 22.5. The number of alkyl halides is 7. The van der Waals surface area contributed by atoms with Gasteiger partial charge in [0.15, 0.2) is 19.7 Å². The second kappa shape index (κ2) is 12.1. The van der Waals surface area contributed by atoms with Gasteiger partial charge in [0.1, 0.15) is 16.6 Å². The van der Waals surface area contributed by atoms with Gasteiger partial charge < -0.3 is 10.0 Å². The summed E-state index contributed by atoms with van der Waals surface area (Å²) in [5, 5.41) is 10.4. The molecular weight excluding hydrogens is 718 g/mol. The zero-order valence-corrected chi connectivity index (χ0v) is 27.0. The van der Waals surface area contributed by atoms with Crippen LogP contribution in [0.4, 0.5) is 39.9 Å². The third-order valence-electron chi connectivity index (χ3n) is 9.42. The standard InChI is InChI=1S/C29H29F8N3O7S2/c1-16(24(41)42)40(38-20-10-13-48(44,45)15-20)25(43)39-12-11-26(49(46,47)21-6-4-19(30)5-7-21)22-8-3-18(14-17(22)2-9-23(26)39)27(31,28(32,33)34)29(35,36)37/h3-8,14,16,20,23,38H,2,9-13,15H2,1H3,(H,41,42)/t16?,20?,23-,26-/m1/s1. The maximum atomic E-state index is 15.1. The number of hydrogen-bond acceptors (Lipinski definition) is 7. The Hall–Kier alpha value is -3.52. The molecule has 49 heavy (non-hydrogen) atoms. The number of likely N-dealkylation sites (tertiary alicyclic amines) is 1. The van der Waals surface area contributed by atoms with Gasteiger partial charge in [0, 0.05) is 18.2 Å². The summed E-state index contributed by atoms with van der Waals surface area (Å²) in [5.41, 5.74) is -5.70. The van der Waals surface area contributed by atoms with Gasteiger partial charge in [-0.2, -0.15) is 26.3 Å². The van der Waals surface area contributed by atoms with Gasteiger partial charge in [0.05, 0.1) is 22.4 Å². The highest BCUT2D eigenvalue weighted by atomic mass is 32.2. The predicted octanol–water partition coefficient (Wildman–Crippen LogP) is 4.39. The summed E-state index contributed by atoms with van der Waals surface area (Å²) < 4.78 is 161. The molecule has 0 spiro atoms. The average Bonchev–Trinajstić information content (AvgIpc) is 3.58. The van der Waals surface area contributed by atoms with Crippen LogP contribution >= 0.6 is 0 Å². The second-order valence-corrected chi connectivity index (χ2v) is 16.7. The Labute approximate surface area is 274 Å². The van der Waals surface area contributed by atoms with Gasteiger partial charge in [0.2, 0.25) is 0 Å². The molecule has 2 unspecified atom stereocenters. The van der Waals surface area contributed by atoms with Crippen LogP contribution in [-0.4, -0.2) is 92.4 Å². The Morgan fingerprint density at radius 1 is 1.02 bits per heavy atom. The summed E-state index contributed by atoms with van der Waals surface area (Å²) in [6.07, 6.45) is -14.2. The quantitative estimate of drug-likeness (QED) is 0.242. The molecule has 2 amide bonds. The van der Waals surface area contributed by atoms with Crippen LogP contribution in [0.15, 0.2) is 47.4 Å². The SMILES string of the molecule is CC(C(=O)O)N(NC1CCS(=O)(=O)C1)C(=O)N1CC[C@@]2(S(=O)(=O)c3ccc(F)cc3)c3ccc(C(F)(C(F)(F)F)C(F)(F)F)cc3CC[C@@H]12. The first kappa shape index (κ1) is 36.8. The lowest BCUT2D eigenvalue weighted by Crippen LogP contribution is -2.61. The van der Waals surface area contributed by atoms with Crippen LogP contribution in [0.1, 0.15) is 42.9 Å². The maximum absolute atomic E-state index is 15.1. The van der Waals surface area contributed by atoms with Gasteiger partial charge in [-0.1, -0.05) is 18.2 Å². The number of aryl methyl sites for hydroxylation is 1. The molecule has 2 aromatic rings. The molecule has 2 fully saturated rings. The number of carbonyl (C=O) groups excluding carboxylic acids is 1. The number of carboxylic acids is 1. The first-order valence-electron chi connectivity index (χ1n) is 14.7. The molecule has 10 nitrogen and oxygen atoms in total. The fraction of sp³-hybridized carbons (Fsp3) is 0.517. The van der Waals surface area contributed by atoms with E-state index in [-0.39, 0.29) is 29.4 Å². The lowest BCUT2D eigenvalue weighted by Gasteiger charge is -2.44. The molecule has 0 radical (unpaired) electrons. The first-order valence-corrected chi connectivity index (χ1v) is 18.0. The van der Waals surface area contributed by atoms with Gasteiger partial charge in [-0.25, -0.2) is 45.6 Å². The highest BCUT2D eigenvalue weighted by Gasteiger charge is 2.74. The second-order valence-electron chi connectivity index (χ2n) is 12.3. The van der Waals surface area contributed by atoms with E-state index in [4.69, 9.17) is 0 Å². The molecule has 3 aliphatic rings. The van der Waals surface area contributed by atoms with Crippen molar-refractivity contribution in [3.8, 4) is 0 Å². The number of carbonyl (C=O) groups is 2. The van der Waals surface area contributed by atoms with Crippen LogP contribution in [0, 0.1) is 5.82 Å². The van der Waals surface area contributed by atoms with E-state index in [0.29, 0.717) is 17.1 Å². The number of hydrazine groups is 1. The minimum atomic E-state index is -6.44. The highest BCUT2D eigenvalue weighted by Crippen LogP contribution is 2.56. The lowest BCUT2D eigenvalue weighted by atomic mass is 9.77. The molecule has 270 valence electrons. The number of halogens is 8. The fourth-order valence-corrected chi connectivity index (χ4v) is 11.0. The number of nitrogens with one attached hydrogen (secondary N) is 1. The van der Waals surface area contributed by atoms with Crippen molar-refractivity contribution in [2.75, 3.05) is 18.1 Å². The Balaban J connectivity index is 1.65. The minimum absolute atomic E-state index is 0.0202. The van der Waals surface area contributed by atoms with E-state index in [1.165, 1.54) is 0 Å². The van der Waals surface area contributed by atoms with Gasteiger partial charge >= 0.3 is 30.0 Å². The van der Waals surface area contributed by atoms with Gasteiger partial charge in [0.25, 0.3) is 0 Å². The van der Waals surface area contributed by atoms with Crippen molar-refractivity contribution in [3.63, 3.8) is 0 Å². The van der Waals surface area contributed by atoms with Crippen LogP contribution < -0.4 is 5.43 Å². The lowest BCUT2D eigenvalue weighted by molar-refractivity contribution is -0.348. The molecule has 2 saturated heterocycles. The third kappa shape index (κ3) is 5.92. The molecule has 2 N–H and O–H groups in total. The summed E-state index contributed by atoms with van der Waals surface area (Å²) in [7, 11) is -8.31. The largest absolute Gasteiger partial charge is 0.480 e. The Bertz CT molecular complexity index is 1860. The summed E-state index contributed by atoms with van der Waals surface area (Å²) in [4.78, 5) is 26.6. The van der Waals surface area contributed by atoms with Crippen molar-refractivity contribution < 1.29 is 66.7 Å². The third-order valence-corrected chi connectivity index (χ3v) is 13.7. The van der Waals surface area contributed by atoms with E-state index in [1.807, 2.05) is 0 Å². The smallest absolute Gasteiger partial charge is 0.435 e. The van der Waals surface area contributed by atoms with E-state index in [9.17, 15) is 62.3 Å². The van der Waals surface area contributed by atoms with Gasteiger partial charge in [-0.05, 0) is 68.0 Å². The number of amides is 2. The van der Waals surface area contributed by atoms with E-state index in [1.54, 1.807) is 0 Å². The number of rotatable bonds is 7. The summed E-state index contributed by atoms with van der Waals surface area (Å²) in [5.74, 6) is -3.03. The van der Waals surface area contributed by atoms with Crippen molar-refractivity contribution in [2.24, 2.45) is 0 Å². The van der Waals surface area contributed by atoms with E-state index < -0.39 is 120 Å². The molecule has 5 rings (SSSR count). The number of fused-ring (bicyclic) bond motifs is 3. The molecule has 2 aromatic carbocycles. The molecule has 1 aliphatic carbocycles. The van der Waals surface area contributed by atoms with Crippen molar-refractivity contribution in [2.45, 2.75) is 78.4 Å². The number of benzene rings is 2. The van der Waals surface area contributed by atoms with Crippen molar-refractivity contribution in [1.82, 2.24) is 15.3 Å². The Kier molecular flexibility index (Phi) is 9.05. The molecule has 0 bridgehead atoms. The van der Waals surface area contributed by atoms with Crippen molar-refractivity contribution in [3.05, 3.63) is 65.0 Å². The highest BCUT2D eigenvalue weighted by molar-refractivity contribution is 7.92. The van der Waals surface area contributed by atoms with Crippen LogP contribution in [0.3, 0.4) is 0 Å². The molecule has 20 heteroatoms. The monoisotopic (exact) mass is 747 g/mol. The van der Waals surface area contributed by atoms with Crippen LogP contribution in [0.5, 0.6) is 0 Å². The number of nitrogens with zero attached hydrogens (tertiary/aromatic N) is 2. The Morgan fingerprint density at radius 2 is 1.63 bits per heavy atom. The molecule has 4 atom stereocenters. The number of urea groups is 1. The van der Waals surface area contributed by atoms with E-state index in [0.717, 1.165) is 36.1 Å². The number of aliphatic carboxylic acids is 1. The zero-order valence-electron chi connectivity index (χ0n) is 25.4. The van der Waals surface area contributed by atoms with Gasteiger partial charge in [-0.15, -0.1) is 0 Å². The van der Waals surface area contributed by atoms with E-state index in [2.05, 4.69) is 5.43 Å². The minimum Gasteiger partial charge on any atom is -0.480 e. The molecule has 0 saturated carbocycles. The molecule has 0 aromatic heterocycles. The maximum Gasteiger partial charge on any atom is 0.435 e. The predicted molar refractivity (Wildman–Crippen MR) is 155 cm³/mol. The van der Waals surface area contributed by atoms with Crippen molar-refractivity contribution in [1.29, 1.82) is 0 Å². The number of carboxylic acid groups (broad SMARTS) is 1. The fourth-order valence-electron chi connectivity index (χ4n) is 6.96. The number of hydrogen-bond donors (Lipinski definition) is 2. The summed E-state index contributed by atoms with van der Waals surface area (Å²) in [6.45, 7) is 0.689. The molecular formula is C29H29F8N3O7S2. The molecule has 2 aliphatic heterocycles. The van der Waals surface area contributed by atoms with Crippen LogP contribution in [-0.2, 0) is 41.3 Å². The van der Waals surface area contributed by atoms with Crippen LogP contribution in [0.2, 0.25) is 0 Å². The Morgan fingerprint density at radius 3 is 2.16 bits per heavy atom. The van der Waals surface area contributed by atoms with E-state index >= 15 is 4.39 Å². The normalized spacial score (nSPS) is 24.6. The van der Waals surface area contributed by atoms with Crippen LogP contribution in [0.25, 0.3) is 0 Å². The number of sulfone groups is 2. The summed E-state index contributed by atoms with van der Waals surface area (Å²) >= 11 is 0. The zero-order chi connectivity index (χ0) is 36.5. The molecule has 2 heterocycles.